The molecule has 0 radical (unpaired) electrons. The molecular formula is C19H24N2. The summed E-state index contributed by atoms with van der Waals surface area (Å²) in [4.78, 5) is 4.58. The molecule has 0 aliphatic heterocycles. The molecule has 2 heteroatoms. The highest BCUT2D eigenvalue weighted by atomic mass is 14.9. The molecule has 0 amide bonds. The first-order valence-corrected chi connectivity index (χ1v) is 8.00. The zero-order valence-corrected chi connectivity index (χ0v) is 13.0. The fourth-order valence-corrected chi connectivity index (χ4v) is 3.19. The predicted octanol–water partition coefficient (Wildman–Crippen LogP) is 3.64. The topological polar surface area (TPSA) is 24.9 Å². The van der Waals surface area contributed by atoms with Gasteiger partial charge in [0.15, 0.2) is 0 Å². The van der Waals surface area contributed by atoms with E-state index in [2.05, 4.69) is 60.5 Å². The van der Waals surface area contributed by atoms with E-state index in [1.165, 1.54) is 35.2 Å². The standard InChI is InChI=1S/C19H24N2/c1-3-10-20-19(12-16-9-8-14(2)13-21-16)18-11-15-6-4-5-7-17(15)18/h4-9,13,18-20H,3,10-12H2,1-2H3. The van der Waals surface area contributed by atoms with Crippen molar-refractivity contribution in [3.8, 4) is 0 Å². The van der Waals surface area contributed by atoms with Crippen LogP contribution in [0.25, 0.3) is 0 Å². The lowest BCUT2D eigenvalue weighted by atomic mass is 9.72. The van der Waals surface area contributed by atoms with Crippen molar-refractivity contribution >= 4 is 0 Å². The molecule has 1 aliphatic rings. The number of benzene rings is 1. The summed E-state index contributed by atoms with van der Waals surface area (Å²) >= 11 is 0. The average molecular weight is 280 g/mol. The van der Waals surface area contributed by atoms with Crippen LogP contribution in [-0.4, -0.2) is 17.6 Å². The van der Waals surface area contributed by atoms with Crippen LogP contribution in [0.15, 0.2) is 42.6 Å². The number of aromatic nitrogens is 1. The molecule has 1 aromatic heterocycles. The number of pyridine rings is 1. The molecule has 2 atom stereocenters. The third kappa shape index (κ3) is 3.16. The third-order valence-corrected chi connectivity index (χ3v) is 4.44. The van der Waals surface area contributed by atoms with Gasteiger partial charge in [0.25, 0.3) is 0 Å². The number of aryl methyl sites for hydroxylation is 1. The lowest BCUT2D eigenvalue weighted by Gasteiger charge is -2.37. The van der Waals surface area contributed by atoms with Crippen LogP contribution in [0.1, 0.15) is 41.6 Å². The summed E-state index contributed by atoms with van der Waals surface area (Å²) in [5.41, 5.74) is 5.46. The minimum absolute atomic E-state index is 0.495. The maximum atomic E-state index is 4.58. The normalized spacial score (nSPS) is 17.9. The van der Waals surface area contributed by atoms with Gasteiger partial charge in [-0.2, -0.15) is 0 Å². The number of fused-ring (bicyclic) bond motifs is 1. The Morgan fingerprint density at radius 3 is 2.81 bits per heavy atom. The van der Waals surface area contributed by atoms with E-state index in [9.17, 15) is 0 Å². The Morgan fingerprint density at radius 2 is 2.10 bits per heavy atom. The van der Waals surface area contributed by atoms with Crippen molar-refractivity contribution in [2.75, 3.05) is 6.54 Å². The lowest BCUT2D eigenvalue weighted by Crippen LogP contribution is -2.42. The number of nitrogens with one attached hydrogen (secondary N) is 1. The Bertz CT molecular complexity index is 589. The highest BCUT2D eigenvalue weighted by Crippen LogP contribution is 2.38. The summed E-state index contributed by atoms with van der Waals surface area (Å²) < 4.78 is 0. The van der Waals surface area contributed by atoms with Crippen LogP contribution in [0.4, 0.5) is 0 Å². The summed E-state index contributed by atoms with van der Waals surface area (Å²) in [5.74, 6) is 0.635. The zero-order chi connectivity index (χ0) is 14.7. The molecule has 0 fully saturated rings. The molecule has 0 saturated heterocycles. The van der Waals surface area contributed by atoms with Crippen LogP contribution in [0.2, 0.25) is 0 Å². The number of hydrogen-bond donors (Lipinski definition) is 1. The van der Waals surface area contributed by atoms with Crippen molar-refractivity contribution in [3.05, 3.63) is 65.0 Å². The van der Waals surface area contributed by atoms with E-state index < -0.39 is 0 Å². The summed E-state index contributed by atoms with van der Waals surface area (Å²) in [5, 5.41) is 3.74. The van der Waals surface area contributed by atoms with Crippen molar-refractivity contribution in [1.29, 1.82) is 0 Å². The van der Waals surface area contributed by atoms with Crippen molar-refractivity contribution < 1.29 is 0 Å². The Labute approximate surface area is 127 Å². The molecule has 0 bridgehead atoms. The number of nitrogens with zero attached hydrogens (tertiary/aromatic N) is 1. The highest BCUT2D eigenvalue weighted by molar-refractivity contribution is 5.41. The zero-order valence-electron chi connectivity index (χ0n) is 13.0. The maximum Gasteiger partial charge on any atom is 0.0419 e. The highest BCUT2D eigenvalue weighted by Gasteiger charge is 2.32. The summed E-state index contributed by atoms with van der Waals surface area (Å²) in [6.45, 7) is 5.39. The molecule has 1 aromatic carbocycles. The van der Waals surface area contributed by atoms with Gasteiger partial charge in [-0.25, -0.2) is 0 Å². The van der Waals surface area contributed by atoms with Gasteiger partial charge in [0.1, 0.15) is 0 Å². The Hall–Kier alpha value is -1.67. The van der Waals surface area contributed by atoms with Crippen LogP contribution in [0.3, 0.4) is 0 Å². The second-order valence-electron chi connectivity index (χ2n) is 6.10. The molecule has 0 saturated carbocycles. The van der Waals surface area contributed by atoms with E-state index >= 15 is 0 Å². The molecular weight excluding hydrogens is 256 g/mol. The van der Waals surface area contributed by atoms with Crippen molar-refractivity contribution in [3.63, 3.8) is 0 Å². The summed E-state index contributed by atoms with van der Waals surface area (Å²) in [6.07, 6.45) is 5.36. The molecule has 2 unspecified atom stereocenters. The van der Waals surface area contributed by atoms with Gasteiger partial charge in [-0.3, -0.25) is 4.98 Å². The largest absolute Gasteiger partial charge is 0.313 e. The van der Waals surface area contributed by atoms with Gasteiger partial charge in [0, 0.05) is 30.3 Å². The van der Waals surface area contributed by atoms with Gasteiger partial charge in [0.2, 0.25) is 0 Å². The molecule has 1 aliphatic carbocycles. The van der Waals surface area contributed by atoms with Crippen LogP contribution in [0.5, 0.6) is 0 Å². The summed E-state index contributed by atoms with van der Waals surface area (Å²) in [6, 6.07) is 13.7. The Balaban J connectivity index is 1.74. The fraction of sp³-hybridized carbons (Fsp3) is 0.421. The van der Waals surface area contributed by atoms with Gasteiger partial charge in [-0.05, 0) is 49.1 Å². The Morgan fingerprint density at radius 1 is 1.24 bits per heavy atom. The monoisotopic (exact) mass is 280 g/mol. The molecule has 1 N–H and O–H groups in total. The number of rotatable bonds is 6. The van der Waals surface area contributed by atoms with Gasteiger partial charge in [-0.1, -0.05) is 37.3 Å². The van der Waals surface area contributed by atoms with E-state index in [0.717, 1.165) is 13.0 Å². The van der Waals surface area contributed by atoms with Crippen molar-refractivity contribution in [1.82, 2.24) is 10.3 Å². The van der Waals surface area contributed by atoms with Crippen LogP contribution < -0.4 is 5.32 Å². The van der Waals surface area contributed by atoms with E-state index in [0.29, 0.717) is 12.0 Å². The van der Waals surface area contributed by atoms with Crippen LogP contribution in [0, 0.1) is 6.92 Å². The molecule has 2 nitrogen and oxygen atoms in total. The molecule has 3 rings (SSSR count). The third-order valence-electron chi connectivity index (χ3n) is 4.44. The van der Waals surface area contributed by atoms with Crippen molar-refractivity contribution in [2.24, 2.45) is 0 Å². The maximum absolute atomic E-state index is 4.58. The quantitative estimate of drug-likeness (QED) is 0.874. The van der Waals surface area contributed by atoms with E-state index in [1.54, 1.807) is 0 Å². The second kappa shape index (κ2) is 6.40. The summed E-state index contributed by atoms with van der Waals surface area (Å²) in [7, 11) is 0. The predicted molar refractivity (Wildman–Crippen MR) is 87.6 cm³/mol. The van der Waals surface area contributed by atoms with E-state index in [4.69, 9.17) is 0 Å². The molecule has 21 heavy (non-hydrogen) atoms. The minimum atomic E-state index is 0.495. The SMILES string of the molecule is CCCNC(Cc1ccc(C)cn1)C1Cc2ccccc21. The van der Waals surface area contributed by atoms with Gasteiger partial charge in [-0.15, -0.1) is 0 Å². The number of hydrogen-bond acceptors (Lipinski definition) is 2. The smallest absolute Gasteiger partial charge is 0.0419 e. The van der Waals surface area contributed by atoms with Crippen LogP contribution >= 0.6 is 0 Å². The van der Waals surface area contributed by atoms with Gasteiger partial charge >= 0.3 is 0 Å². The van der Waals surface area contributed by atoms with E-state index in [1.807, 2.05) is 6.20 Å². The first-order valence-electron chi connectivity index (χ1n) is 8.00. The second-order valence-corrected chi connectivity index (χ2v) is 6.10. The molecule has 110 valence electrons. The van der Waals surface area contributed by atoms with Crippen LogP contribution in [-0.2, 0) is 12.8 Å². The van der Waals surface area contributed by atoms with Crippen molar-refractivity contribution in [2.45, 2.75) is 45.1 Å². The Kier molecular flexibility index (Phi) is 4.35. The average Bonchev–Trinajstić information content (AvgIpc) is 2.48. The van der Waals surface area contributed by atoms with Gasteiger partial charge in [0.05, 0.1) is 0 Å². The van der Waals surface area contributed by atoms with E-state index in [-0.39, 0.29) is 0 Å². The minimum Gasteiger partial charge on any atom is -0.313 e. The first-order chi connectivity index (χ1) is 10.3. The molecule has 0 spiro atoms. The van der Waals surface area contributed by atoms with Gasteiger partial charge < -0.3 is 5.32 Å². The first kappa shape index (κ1) is 14.3. The molecule has 2 aromatic rings. The lowest BCUT2D eigenvalue weighted by molar-refractivity contribution is 0.395. The molecule has 1 heterocycles. The fourth-order valence-electron chi connectivity index (χ4n) is 3.19.